The van der Waals surface area contributed by atoms with E-state index in [-0.39, 0.29) is 33.8 Å². The molecule has 3 heterocycles. The first-order valence-electron chi connectivity index (χ1n) is 29.8. The monoisotopic (exact) mass is 1040 g/mol. The van der Waals surface area contributed by atoms with Gasteiger partial charge < -0.3 is 14.2 Å². The number of para-hydroxylation sites is 1. The van der Waals surface area contributed by atoms with Crippen molar-refractivity contribution in [3.63, 3.8) is 0 Å². The number of hydrogen-bond donors (Lipinski definition) is 0. The lowest BCUT2D eigenvalue weighted by atomic mass is 9.33. The number of anilines is 6. The second kappa shape index (κ2) is 17.0. The van der Waals surface area contributed by atoms with Crippen molar-refractivity contribution in [2.24, 2.45) is 0 Å². The number of fused-ring (bicyclic) bond motifs is 12. The molecule has 3 aliphatic carbocycles. The second-order valence-corrected chi connectivity index (χ2v) is 27.5. The van der Waals surface area contributed by atoms with Crippen LogP contribution in [0, 0.1) is 0 Å². The zero-order valence-electron chi connectivity index (χ0n) is 48.7. The summed E-state index contributed by atoms with van der Waals surface area (Å²) in [5, 5.41) is 2.32. The van der Waals surface area contributed by atoms with Gasteiger partial charge in [0, 0.05) is 55.4 Å². The van der Waals surface area contributed by atoms with Gasteiger partial charge in [0.2, 0.25) is 0 Å². The predicted octanol–water partition coefficient (Wildman–Crippen LogP) is 18.6. The lowest BCUT2D eigenvalue weighted by Crippen LogP contribution is -2.62. The first-order chi connectivity index (χ1) is 38.3. The lowest BCUT2D eigenvalue weighted by Gasteiger charge is -2.49. The molecule has 1 saturated carbocycles. The second-order valence-electron chi connectivity index (χ2n) is 27.5. The van der Waals surface area contributed by atoms with Crippen molar-refractivity contribution >= 4 is 79.2 Å². The molecule has 1 fully saturated rings. The van der Waals surface area contributed by atoms with Gasteiger partial charge in [0.25, 0.3) is 6.71 Å². The van der Waals surface area contributed by atoms with Crippen LogP contribution < -0.4 is 26.2 Å². The molecule has 396 valence electrons. The van der Waals surface area contributed by atoms with Gasteiger partial charge in [0.1, 0.15) is 11.2 Å². The average molecular weight is 1040 g/mol. The quantitative estimate of drug-likeness (QED) is 0.164. The van der Waals surface area contributed by atoms with E-state index < -0.39 is 0 Å². The summed E-state index contributed by atoms with van der Waals surface area (Å²) >= 11 is 0. The average Bonchev–Trinajstić information content (AvgIpc) is 4.02. The van der Waals surface area contributed by atoms with Crippen molar-refractivity contribution in [2.45, 2.75) is 141 Å². The Morgan fingerprint density at radius 3 is 1.66 bits per heavy atom. The van der Waals surface area contributed by atoms with Crippen molar-refractivity contribution < 1.29 is 4.42 Å². The zero-order chi connectivity index (χ0) is 55.0. The van der Waals surface area contributed by atoms with E-state index in [0.29, 0.717) is 5.92 Å². The third-order valence-electron chi connectivity index (χ3n) is 20.5. The van der Waals surface area contributed by atoms with E-state index in [1.807, 2.05) is 0 Å². The van der Waals surface area contributed by atoms with E-state index in [0.717, 1.165) is 16.6 Å². The molecule has 9 aromatic carbocycles. The zero-order valence-corrected chi connectivity index (χ0v) is 48.7. The summed E-state index contributed by atoms with van der Waals surface area (Å²) in [6.45, 7) is 26.6. The van der Waals surface area contributed by atoms with Gasteiger partial charge in [-0.1, -0.05) is 217 Å². The third kappa shape index (κ3) is 6.87. The van der Waals surface area contributed by atoms with Crippen molar-refractivity contribution in [3.05, 3.63) is 232 Å². The van der Waals surface area contributed by atoms with Crippen LogP contribution in [-0.2, 0) is 27.1 Å². The normalized spacial score (nSPS) is 18.0. The highest BCUT2D eigenvalue weighted by atomic mass is 16.3. The molecule has 0 spiro atoms. The molecule has 2 aliphatic heterocycles. The Morgan fingerprint density at radius 1 is 0.450 bits per heavy atom. The van der Waals surface area contributed by atoms with E-state index >= 15 is 0 Å². The van der Waals surface area contributed by atoms with Crippen LogP contribution >= 0.6 is 0 Å². The molecule has 0 amide bonds. The van der Waals surface area contributed by atoms with Crippen LogP contribution in [0.1, 0.15) is 170 Å². The van der Waals surface area contributed by atoms with Gasteiger partial charge in [-0.25, -0.2) is 0 Å². The largest absolute Gasteiger partial charge is 0.456 e. The molecule has 0 bridgehead atoms. The van der Waals surface area contributed by atoms with Crippen LogP contribution in [-0.4, -0.2) is 6.71 Å². The van der Waals surface area contributed by atoms with Crippen LogP contribution in [0.5, 0.6) is 0 Å². The van der Waals surface area contributed by atoms with Gasteiger partial charge in [0.05, 0.1) is 16.8 Å². The highest BCUT2D eigenvalue weighted by Crippen LogP contribution is 2.57. The SMILES string of the molecule is CC(C)(C)c1ccc(N2c3cc(C4CCCCC4)cc4c3B(c3cc5c(cc3N4c3ccc4c(c3)C(C)(C)c3ccccc3C4(C)C)C(C)(C)c3ccccc3C5(C)C)c3ccc4oc5ccccc5c4c32)c(-c2ccccc2)c1. The van der Waals surface area contributed by atoms with Crippen LogP contribution in [0.2, 0.25) is 0 Å². The van der Waals surface area contributed by atoms with E-state index in [4.69, 9.17) is 4.42 Å². The predicted molar refractivity (Wildman–Crippen MR) is 339 cm³/mol. The molecule has 80 heavy (non-hydrogen) atoms. The standard InChI is InChI=1S/C76H73BN2O/c1-72(2,3)49-34-38-63(52(42-49)47-26-16-13-17-27-47)79-66-41-48(46-24-14-12-15-25-46)40-65-70(66)77(61-37-39-68-69(71(61)79)51-28-18-23-33-67(51)80-68)62-44-59-60(76(10,11)56-32-22-21-31-55(56)75(59,8)9)45-64(62)78(65)50-35-36-57-58(43-50)74(6,7)54-30-20-19-29-53(54)73(57,4)5/h13,16-23,26-46H,12,14-15,24-25H2,1-11H3. The molecule has 0 radical (unpaired) electrons. The minimum atomic E-state index is -0.252. The summed E-state index contributed by atoms with van der Waals surface area (Å²) in [4.78, 5) is 5.47. The number of hydrogen-bond acceptors (Lipinski definition) is 3. The van der Waals surface area contributed by atoms with Crippen LogP contribution in [0.25, 0.3) is 33.1 Å². The highest BCUT2D eigenvalue weighted by Gasteiger charge is 2.50. The van der Waals surface area contributed by atoms with Gasteiger partial charge >= 0.3 is 0 Å². The smallest absolute Gasteiger partial charge is 0.252 e. The Labute approximate surface area is 474 Å². The highest BCUT2D eigenvalue weighted by molar-refractivity contribution is 7.00. The maximum absolute atomic E-state index is 6.96. The third-order valence-corrected chi connectivity index (χ3v) is 20.5. The Balaban J connectivity index is 1.11. The number of benzene rings is 9. The van der Waals surface area contributed by atoms with Crippen LogP contribution in [0.15, 0.2) is 180 Å². The van der Waals surface area contributed by atoms with Crippen molar-refractivity contribution in [1.29, 1.82) is 0 Å². The van der Waals surface area contributed by atoms with Gasteiger partial charge in [0.15, 0.2) is 0 Å². The summed E-state index contributed by atoms with van der Waals surface area (Å²) in [5.41, 5.74) is 28.9. The van der Waals surface area contributed by atoms with E-state index in [9.17, 15) is 0 Å². The van der Waals surface area contributed by atoms with E-state index in [1.54, 1.807) is 0 Å². The summed E-state index contributed by atoms with van der Waals surface area (Å²) in [6, 6.07) is 68.7. The summed E-state index contributed by atoms with van der Waals surface area (Å²) < 4.78 is 6.96. The minimum Gasteiger partial charge on any atom is -0.456 e. The Bertz CT molecular complexity index is 4230. The molecular weight excluding hydrogens is 968 g/mol. The summed E-state index contributed by atoms with van der Waals surface area (Å²) in [7, 11) is 0. The van der Waals surface area contributed by atoms with E-state index in [2.05, 4.69) is 262 Å². The molecule has 0 N–H and O–H groups in total. The molecule has 15 rings (SSSR count). The van der Waals surface area contributed by atoms with Crippen molar-refractivity contribution in [3.8, 4) is 11.1 Å². The van der Waals surface area contributed by atoms with E-state index in [1.165, 1.54) is 155 Å². The topological polar surface area (TPSA) is 19.6 Å². The molecule has 4 heteroatoms. The van der Waals surface area contributed by atoms with Gasteiger partial charge in [-0.2, -0.15) is 0 Å². The lowest BCUT2D eigenvalue weighted by molar-refractivity contribution is 0.444. The van der Waals surface area contributed by atoms with Gasteiger partial charge in [-0.15, -0.1) is 0 Å². The van der Waals surface area contributed by atoms with Gasteiger partial charge in [-0.3, -0.25) is 0 Å². The minimum absolute atomic E-state index is 0.0615. The number of rotatable bonds is 4. The fraction of sp³-hybridized carbons (Fsp3) is 0.289. The molecule has 0 atom stereocenters. The maximum Gasteiger partial charge on any atom is 0.252 e. The molecular formula is C76H73BN2O. The summed E-state index contributed by atoms with van der Waals surface area (Å²) in [5.74, 6) is 0.442. The Morgan fingerprint density at radius 2 is 1.01 bits per heavy atom. The van der Waals surface area contributed by atoms with Crippen LogP contribution in [0.3, 0.4) is 0 Å². The maximum atomic E-state index is 6.96. The van der Waals surface area contributed by atoms with Crippen LogP contribution in [0.4, 0.5) is 34.1 Å². The van der Waals surface area contributed by atoms with Gasteiger partial charge in [-0.05, 0) is 156 Å². The Kier molecular flexibility index (Phi) is 10.5. The number of furan rings is 1. The molecule has 10 aromatic rings. The van der Waals surface area contributed by atoms with Crippen molar-refractivity contribution in [1.82, 2.24) is 0 Å². The molecule has 1 aromatic heterocycles. The fourth-order valence-electron chi connectivity index (χ4n) is 16.1. The Hall–Kier alpha value is -7.56. The van der Waals surface area contributed by atoms with Crippen molar-refractivity contribution in [2.75, 3.05) is 9.80 Å². The summed E-state index contributed by atoms with van der Waals surface area (Å²) in [6.07, 6.45) is 6.19. The molecule has 3 nitrogen and oxygen atoms in total. The fourth-order valence-corrected chi connectivity index (χ4v) is 16.1. The molecule has 0 unspecified atom stereocenters. The first-order valence-corrected chi connectivity index (χ1v) is 29.8. The molecule has 0 saturated heterocycles. The number of nitrogens with zero attached hydrogens (tertiary/aromatic N) is 2. The first kappa shape index (κ1) is 49.5. The molecule has 5 aliphatic rings.